The number of nitro groups is 1. The predicted molar refractivity (Wildman–Crippen MR) is 114 cm³/mol. The van der Waals surface area contributed by atoms with Crippen LogP contribution in [0.5, 0.6) is 0 Å². The van der Waals surface area contributed by atoms with Crippen LogP contribution in [0, 0.1) is 29.9 Å². The molecule has 2 aromatic carbocycles. The molecule has 1 fully saturated rings. The van der Waals surface area contributed by atoms with Crippen LogP contribution in [0.15, 0.2) is 42.5 Å². The lowest BCUT2D eigenvalue weighted by Crippen LogP contribution is -2.33. The number of ether oxygens (including phenoxy) is 1. The molecule has 1 heterocycles. The molecule has 162 valence electrons. The van der Waals surface area contributed by atoms with Gasteiger partial charge in [-0.15, -0.1) is 0 Å². The van der Waals surface area contributed by atoms with Crippen LogP contribution in [-0.4, -0.2) is 35.4 Å². The zero-order valence-electron chi connectivity index (χ0n) is 17.5. The van der Waals surface area contributed by atoms with E-state index in [4.69, 9.17) is 4.74 Å². The maximum absolute atomic E-state index is 12.6. The van der Waals surface area contributed by atoms with E-state index in [1.54, 1.807) is 11.0 Å². The number of carbonyl (C=O) groups excluding carboxylic acids is 3. The molecular formula is C22H23N3O6. The third-order valence-electron chi connectivity index (χ3n) is 5.35. The van der Waals surface area contributed by atoms with E-state index in [1.165, 1.54) is 25.1 Å². The number of nitrogens with zero attached hydrogens (tertiary/aromatic N) is 2. The number of rotatable bonds is 6. The van der Waals surface area contributed by atoms with E-state index in [2.05, 4.69) is 5.32 Å². The van der Waals surface area contributed by atoms with Gasteiger partial charge in [0.05, 0.1) is 10.8 Å². The van der Waals surface area contributed by atoms with Gasteiger partial charge in [0.25, 0.3) is 11.6 Å². The van der Waals surface area contributed by atoms with E-state index in [1.807, 2.05) is 32.0 Å². The van der Waals surface area contributed by atoms with Crippen molar-refractivity contribution in [2.24, 2.45) is 5.92 Å². The van der Waals surface area contributed by atoms with Gasteiger partial charge in [0.1, 0.15) is 5.69 Å². The fourth-order valence-electron chi connectivity index (χ4n) is 3.42. The van der Waals surface area contributed by atoms with Crippen molar-refractivity contribution in [2.45, 2.75) is 33.3 Å². The highest BCUT2D eigenvalue weighted by atomic mass is 16.6. The first-order valence-electron chi connectivity index (χ1n) is 9.80. The molecule has 1 aliphatic heterocycles. The van der Waals surface area contributed by atoms with Gasteiger partial charge in [0, 0.05) is 24.7 Å². The first kappa shape index (κ1) is 21.9. The molecule has 9 heteroatoms. The van der Waals surface area contributed by atoms with Crippen LogP contribution in [0.1, 0.15) is 24.5 Å². The summed E-state index contributed by atoms with van der Waals surface area (Å²) < 4.78 is 5.26. The van der Waals surface area contributed by atoms with Crippen LogP contribution in [-0.2, 0) is 19.1 Å². The number of amides is 2. The van der Waals surface area contributed by atoms with E-state index >= 15 is 0 Å². The Morgan fingerprint density at radius 2 is 1.90 bits per heavy atom. The summed E-state index contributed by atoms with van der Waals surface area (Å²) >= 11 is 0. The fourth-order valence-corrected chi connectivity index (χ4v) is 3.42. The van der Waals surface area contributed by atoms with Crippen molar-refractivity contribution in [1.82, 2.24) is 0 Å². The lowest BCUT2D eigenvalue weighted by molar-refractivity contribution is -0.383. The molecule has 0 unspecified atom stereocenters. The number of aryl methyl sites for hydroxylation is 1. The number of para-hydroxylation sites is 2. The number of nitro benzene ring substituents is 1. The third-order valence-corrected chi connectivity index (χ3v) is 5.35. The van der Waals surface area contributed by atoms with E-state index in [0.717, 1.165) is 16.8 Å². The van der Waals surface area contributed by atoms with E-state index in [9.17, 15) is 24.5 Å². The Hall–Kier alpha value is -3.75. The van der Waals surface area contributed by atoms with Crippen molar-refractivity contribution in [1.29, 1.82) is 0 Å². The highest BCUT2D eigenvalue weighted by Crippen LogP contribution is 2.30. The lowest BCUT2D eigenvalue weighted by Gasteiger charge is -2.20. The minimum Gasteiger partial charge on any atom is -0.452 e. The van der Waals surface area contributed by atoms with Gasteiger partial charge in [0.15, 0.2) is 6.10 Å². The molecule has 31 heavy (non-hydrogen) atoms. The number of anilines is 2. The van der Waals surface area contributed by atoms with Crippen molar-refractivity contribution in [3.8, 4) is 0 Å². The molecule has 1 aliphatic rings. The van der Waals surface area contributed by atoms with Gasteiger partial charge in [-0.3, -0.25) is 24.5 Å². The minimum atomic E-state index is -1.18. The van der Waals surface area contributed by atoms with Crippen molar-refractivity contribution >= 4 is 34.8 Å². The summed E-state index contributed by atoms with van der Waals surface area (Å²) in [6.45, 7) is 5.41. The second-order valence-corrected chi connectivity index (χ2v) is 7.47. The van der Waals surface area contributed by atoms with Gasteiger partial charge < -0.3 is 15.0 Å². The van der Waals surface area contributed by atoms with Crippen molar-refractivity contribution in [3.05, 3.63) is 63.7 Å². The highest BCUT2D eigenvalue weighted by Gasteiger charge is 2.38. The molecule has 3 rings (SSSR count). The fraction of sp³-hybridized carbons (Fsp3) is 0.318. The molecule has 1 saturated heterocycles. The molecule has 0 radical (unpaired) electrons. The summed E-state index contributed by atoms with van der Waals surface area (Å²) in [5, 5.41) is 13.5. The monoisotopic (exact) mass is 425 g/mol. The Morgan fingerprint density at radius 1 is 1.19 bits per heavy atom. The average Bonchev–Trinajstić information content (AvgIpc) is 3.11. The smallest absolute Gasteiger partial charge is 0.312 e. The van der Waals surface area contributed by atoms with Crippen LogP contribution in [0.2, 0.25) is 0 Å². The number of hydrogen-bond donors (Lipinski definition) is 1. The number of esters is 1. The summed E-state index contributed by atoms with van der Waals surface area (Å²) in [7, 11) is 0. The Bertz CT molecular complexity index is 1050. The highest BCUT2D eigenvalue weighted by molar-refractivity contribution is 6.01. The largest absolute Gasteiger partial charge is 0.452 e. The molecule has 1 N–H and O–H groups in total. The quantitative estimate of drug-likeness (QED) is 0.431. The summed E-state index contributed by atoms with van der Waals surface area (Å²) in [5.41, 5.74) is 2.50. The van der Waals surface area contributed by atoms with Crippen LogP contribution < -0.4 is 10.2 Å². The normalized spacial score (nSPS) is 16.7. The van der Waals surface area contributed by atoms with Crippen LogP contribution >= 0.6 is 0 Å². The maximum atomic E-state index is 12.6. The number of hydrogen-bond acceptors (Lipinski definition) is 6. The van der Waals surface area contributed by atoms with Crippen molar-refractivity contribution in [3.63, 3.8) is 0 Å². The van der Waals surface area contributed by atoms with Crippen molar-refractivity contribution in [2.75, 3.05) is 16.8 Å². The summed E-state index contributed by atoms with van der Waals surface area (Å²) in [5.74, 6) is -2.24. The first-order valence-corrected chi connectivity index (χ1v) is 9.80. The second-order valence-electron chi connectivity index (χ2n) is 7.47. The molecule has 0 aromatic heterocycles. The van der Waals surface area contributed by atoms with Crippen molar-refractivity contribution < 1.29 is 24.0 Å². The number of benzene rings is 2. The average molecular weight is 425 g/mol. The maximum Gasteiger partial charge on any atom is 0.312 e. The van der Waals surface area contributed by atoms with Gasteiger partial charge in [-0.05, 0) is 44.0 Å². The van der Waals surface area contributed by atoms with Crippen LogP contribution in [0.4, 0.5) is 17.1 Å². The van der Waals surface area contributed by atoms with Crippen LogP contribution in [0.3, 0.4) is 0 Å². The predicted octanol–water partition coefficient (Wildman–Crippen LogP) is 3.13. The van der Waals surface area contributed by atoms with Gasteiger partial charge in [0.2, 0.25) is 5.91 Å². The SMILES string of the molecule is Cc1cccc(N2C[C@H](C(=O)O[C@@H](C)C(=O)Nc3ccccc3[N+](=O)[O-])CC2=O)c1C. The Labute approximate surface area is 179 Å². The lowest BCUT2D eigenvalue weighted by atomic mass is 10.1. The number of nitrogens with one attached hydrogen (secondary N) is 1. The van der Waals surface area contributed by atoms with Gasteiger partial charge in [-0.25, -0.2) is 0 Å². The topological polar surface area (TPSA) is 119 Å². The van der Waals surface area contributed by atoms with Gasteiger partial charge in [-0.2, -0.15) is 0 Å². The molecule has 0 spiro atoms. The molecular weight excluding hydrogens is 402 g/mol. The molecule has 0 aliphatic carbocycles. The summed E-state index contributed by atoms with van der Waals surface area (Å²) in [6.07, 6.45) is -1.19. The summed E-state index contributed by atoms with van der Waals surface area (Å²) in [4.78, 5) is 49.5. The molecule has 9 nitrogen and oxygen atoms in total. The molecule has 2 aromatic rings. The Balaban J connectivity index is 1.64. The van der Waals surface area contributed by atoms with E-state index < -0.39 is 28.8 Å². The van der Waals surface area contributed by atoms with Gasteiger partial charge >= 0.3 is 5.97 Å². The second kappa shape index (κ2) is 8.95. The molecule has 2 amide bonds. The third kappa shape index (κ3) is 4.71. The zero-order chi connectivity index (χ0) is 22.7. The number of carbonyl (C=O) groups is 3. The molecule has 0 saturated carbocycles. The first-order chi connectivity index (χ1) is 14.7. The molecule has 0 bridgehead atoms. The zero-order valence-corrected chi connectivity index (χ0v) is 17.5. The standard InChI is InChI=1S/C22H23N3O6/c1-13-7-6-10-18(14(13)2)24-12-16(11-20(24)26)22(28)31-15(3)21(27)23-17-8-4-5-9-19(17)25(29)30/h4-10,15-16H,11-12H2,1-3H3,(H,23,27)/t15-,16+/m0/s1. The minimum absolute atomic E-state index is 0.00921. The van der Waals surface area contributed by atoms with E-state index in [-0.39, 0.29) is 30.2 Å². The Morgan fingerprint density at radius 3 is 2.61 bits per heavy atom. The van der Waals surface area contributed by atoms with Crippen LogP contribution in [0.25, 0.3) is 0 Å². The van der Waals surface area contributed by atoms with E-state index in [0.29, 0.717) is 0 Å². The van der Waals surface area contributed by atoms with Gasteiger partial charge in [-0.1, -0.05) is 24.3 Å². The Kier molecular flexibility index (Phi) is 6.33. The molecule has 2 atom stereocenters. The summed E-state index contributed by atoms with van der Waals surface area (Å²) in [6, 6.07) is 11.3.